The Morgan fingerprint density at radius 1 is 0.756 bits per heavy atom. The fourth-order valence-corrected chi connectivity index (χ4v) is 7.28. The number of benzene rings is 4. The van der Waals surface area contributed by atoms with E-state index in [-0.39, 0.29) is 11.1 Å². The zero-order valence-electron chi connectivity index (χ0n) is 26.0. The molecular weight excluding hydrogens is 560 g/mol. The summed E-state index contributed by atoms with van der Waals surface area (Å²) in [6.45, 7) is 4.37. The van der Waals surface area contributed by atoms with Gasteiger partial charge in [0.2, 0.25) is 5.69 Å². The van der Waals surface area contributed by atoms with Gasteiger partial charge >= 0.3 is 11.9 Å². The van der Waals surface area contributed by atoms with Crippen molar-refractivity contribution in [1.29, 1.82) is 0 Å². The Labute approximate surface area is 263 Å². The van der Waals surface area contributed by atoms with Gasteiger partial charge < -0.3 is 15.1 Å². The number of carboxylic acids is 2. The molecule has 226 valence electrons. The molecule has 0 saturated heterocycles. The second kappa shape index (κ2) is 11.4. The number of hydrogen-bond donors (Lipinski definition) is 2. The lowest BCUT2D eigenvalue weighted by Crippen LogP contribution is -2.33. The van der Waals surface area contributed by atoms with E-state index in [9.17, 15) is 19.8 Å². The molecule has 0 saturated carbocycles. The van der Waals surface area contributed by atoms with E-state index in [1.807, 2.05) is 74.8 Å². The third-order valence-electron chi connectivity index (χ3n) is 9.56. The zero-order chi connectivity index (χ0) is 31.9. The van der Waals surface area contributed by atoms with Crippen LogP contribution in [0, 0.1) is 0 Å². The molecule has 4 aromatic carbocycles. The van der Waals surface area contributed by atoms with Crippen molar-refractivity contribution < 1.29 is 24.4 Å². The average molecular weight is 598 g/mol. The Balaban J connectivity index is 1.44. The molecule has 6 nitrogen and oxygen atoms in total. The summed E-state index contributed by atoms with van der Waals surface area (Å²) in [5.41, 5.74) is 8.03. The van der Waals surface area contributed by atoms with Crippen LogP contribution < -0.4 is 4.90 Å². The fraction of sp³-hybridized carbons (Fsp3) is 0.205. The van der Waals surface area contributed by atoms with Gasteiger partial charge in [0.1, 0.15) is 7.05 Å². The highest BCUT2D eigenvalue weighted by Gasteiger charge is 2.47. The van der Waals surface area contributed by atoms with Gasteiger partial charge in [0.25, 0.3) is 0 Å². The van der Waals surface area contributed by atoms with E-state index < -0.39 is 22.8 Å². The highest BCUT2D eigenvalue weighted by atomic mass is 16.4. The third-order valence-corrected chi connectivity index (χ3v) is 9.56. The normalized spacial score (nSPS) is 21.4. The second-order valence-electron chi connectivity index (χ2n) is 12.5. The molecule has 0 spiro atoms. The molecule has 45 heavy (non-hydrogen) atoms. The summed E-state index contributed by atoms with van der Waals surface area (Å²) < 4.78 is 2.16. The van der Waals surface area contributed by atoms with Gasteiger partial charge in [-0.2, -0.15) is 4.58 Å². The third kappa shape index (κ3) is 5.16. The van der Waals surface area contributed by atoms with Gasteiger partial charge in [-0.05, 0) is 79.8 Å². The first-order chi connectivity index (χ1) is 21.5. The molecule has 2 heterocycles. The maximum Gasteiger partial charge on any atom is 0.335 e. The van der Waals surface area contributed by atoms with E-state index in [4.69, 9.17) is 0 Å². The van der Waals surface area contributed by atoms with Crippen molar-refractivity contribution >= 4 is 29.0 Å². The van der Waals surface area contributed by atoms with Crippen molar-refractivity contribution in [3.63, 3.8) is 0 Å². The maximum absolute atomic E-state index is 11.9. The Morgan fingerprint density at radius 3 is 1.87 bits per heavy atom. The molecule has 0 radical (unpaired) electrons. The molecular formula is C39H37N2O4+. The van der Waals surface area contributed by atoms with Gasteiger partial charge in [-0.3, -0.25) is 0 Å². The number of carboxylic acid groups (broad SMARTS) is 2. The quantitative estimate of drug-likeness (QED) is 0.207. The van der Waals surface area contributed by atoms with E-state index in [0.29, 0.717) is 12.8 Å². The molecule has 2 atom stereocenters. The van der Waals surface area contributed by atoms with Crippen LogP contribution in [0.15, 0.2) is 121 Å². The number of carbonyl (C=O) groups is 2. The molecule has 0 aromatic heterocycles. The van der Waals surface area contributed by atoms with Crippen LogP contribution in [0.2, 0.25) is 0 Å². The Kier molecular flexibility index (Phi) is 7.53. The van der Waals surface area contributed by atoms with Gasteiger partial charge in [-0.25, -0.2) is 9.59 Å². The molecule has 0 aliphatic carbocycles. The molecule has 0 bridgehead atoms. The van der Waals surface area contributed by atoms with Crippen LogP contribution >= 0.6 is 0 Å². The molecule has 4 aromatic rings. The Hall–Kier alpha value is -5.23. The number of nitrogens with zero attached hydrogens (tertiary/aromatic N) is 2. The number of allylic oxidation sites excluding steroid dienone is 4. The predicted molar refractivity (Wildman–Crippen MR) is 178 cm³/mol. The van der Waals surface area contributed by atoms with Crippen molar-refractivity contribution in [3.8, 4) is 0 Å². The molecule has 6 rings (SSSR count). The number of aromatic carboxylic acids is 2. The summed E-state index contributed by atoms with van der Waals surface area (Å²) in [6.07, 6.45) is 7.77. The topological polar surface area (TPSA) is 80.8 Å². The molecule has 2 unspecified atom stereocenters. The molecule has 2 aliphatic heterocycles. The molecule has 6 heteroatoms. The van der Waals surface area contributed by atoms with Crippen LogP contribution in [-0.2, 0) is 23.7 Å². The largest absolute Gasteiger partial charge is 0.478 e. The summed E-state index contributed by atoms with van der Waals surface area (Å²) in [4.78, 5) is 26.1. The van der Waals surface area contributed by atoms with Gasteiger partial charge in [-0.15, -0.1) is 0 Å². The first kappa shape index (κ1) is 29.8. The molecule has 0 amide bonds. The zero-order valence-corrected chi connectivity index (χ0v) is 26.0. The van der Waals surface area contributed by atoms with E-state index in [0.717, 1.165) is 33.9 Å². The average Bonchev–Trinajstić information content (AvgIpc) is 3.36. The van der Waals surface area contributed by atoms with Crippen LogP contribution in [0.25, 0.3) is 0 Å². The highest BCUT2D eigenvalue weighted by molar-refractivity contribution is 6.04. The summed E-state index contributed by atoms with van der Waals surface area (Å²) in [7, 11) is 4.07. The van der Waals surface area contributed by atoms with E-state index in [1.165, 1.54) is 11.1 Å². The Morgan fingerprint density at radius 2 is 1.29 bits per heavy atom. The first-order valence-electron chi connectivity index (χ1n) is 15.1. The smallest absolute Gasteiger partial charge is 0.335 e. The maximum atomic E-state index is 11.9. The van der Waals surface area contributed by atoms with E-state index >= 15 is 0 Å². The minimum Gasteiger partial charge on any atom is -0.478 e. The first-order valence-corrected chi connectivity index (χ1v) is 15.1. The van der Waals surface area contributed by atoms with Crippen molar-refractivity contribution in [2.75, 3.05) is 19.0 Å². The van der Waals surface area contributed by atoms with Crippen molar-refractivity contribution in [1.82, 2.24) is 0 Å². The lowest BCUT2D eigenvalue weighted by Gasteiger charge is -2.29. The van der Waals surface area contributed by atoms with E-state index in [2.05, 4.69) is 65.8 Å². The lowest BCUT2D eigenvalue weighted by atomic mass is 9.74. The summed E-state index contributed by atoms with van der Waals surface area (Å²) in [5.74, 6) is -1.88. The fourth-order valence-electron chi connectivity index (χ4n) is 7.28. The van der Waals surface area contributed by atoms with Crippen LogP contribution in [0.4, 0.5) is 11.4 Å². The minimum absolute atomic E-state index is 0.275. The molecule has 2 aliphatic rings. The van der Waals surface area contributed by atoms with Crippen molar-refractivity contribution in [2.45, 2.75) is 37.5 Å². The molecule has 0 fully saturated rings. The van der Waals surface area contributed by atoms with E-state index in [1.54, 1.807) is 12.1 Å². The monoisotopic (exact) mass is 597 g/mol. The van der Waals surface area contributed by atoms with Gasteiger partial charge in [0.15, 0.2) is 5.71 Å². The minimum atomic E-state index is -0.941. The van der Waals surface area contributed by atoms with Crippen LogP contribution in [0.5, 0.6) is 0 Å². The van der Waals surface area contributed by atoms with Gasteiger partial charge in [0, 0.05) is 41.6 Å². The SMILES string of the molecule is CN1/C(=C/C=C/C2=[N+](C)c3ccc(C(=O)O)cc3C2(C)Cc2ccccc2)C(C)(Cc2ccccc2)c2cc(C(=O)O)ccc21. The van der Waals surface area contributed by atoms with Crippen molar-refractivity contribution in [3.05, 3.63) is 154 Å². The van der Waals surface area contributed by atoms with Crippen LogP contribution in [0.1, 0.15) is 56.8 Å². The molecule has 2 N–H and O–H groups in total. The Bertz CT molecular complexity index is 1910. The van der Waals surface area contributed by atoms with Crippen LogP contribution in [0.3, 0.4) is 0 Å². The summed E-state index contributed by atoms with van der Waals surface area (Å²) in [6, 6.07) is 31.3. The highest BCUT2D eigenvalue weighted by Crippen LogP contribution is 2.49. The van der Waals surface area contributed by atoms with Gasteiger partial charge in [-0.1, -0.05) is 66.7 Å². The summed E-state index contributed by atoms with van der Waals surface area (Å²) >= 11 is 0. The number of hydrogen-bond acceptors (Lipinski definition) is 3. The number of fused-ring (bicyclic) bond motifs is 2. The van der Waals surface area contributed by atoms with Gasteiger partial charge in [0.05, 0.1) is 16.5 Å². The van der Waals surface area contributed by atoms with Crippen LogP contribution in [-0.4, -0.2) is 46.5 Å². The second-order valence-corrected chi connectivity index (χ2v) is 12.5. The summed E-state index contributed by atoms with van der Waals surface area (Å²) in [5, 5.41) is 19.6. The number of anilines is 1. The van der Waals surface area contributed by atoms with Crippen molar-refractivity contribution in [2.24, 2.45) is 0 Å². The lowest BCUT2D eigenvalue weighted by molar-refractivity contribution is -0.401. The number of rotatable bonds is 8. The predicted octanol–water partition coefficient (Wildman–Crippen LogP) is 7.40. The number of likely N-dealkylation sites (N-methyl/N-ethyl adjacent to an activating group) is 1. The standard InChI is InChI=1S/C39H36N2O4/c1-38(24-26-12-7-5-8-13-26)30-22-28(36(42)43)18-20-32(30)40(3)34(38)16-11-17-35-39(2,25-27-14-9-6-10-15-27)31-23-29(37(44)45)19-21-33(31)41(35)4/h5-23H,24-25H2,1-4H3,(H-,42,43,44,45)/p+1.